The highest BCUT2D eigenvalue weighted by Crippen LogP contribution is 2.21. The molecule has 6 heteroatoms. The molecule has 2 aromatic rings. The summed E-state index contributed by atoms with van der Waals surface area (Å²) < 4.78 is 5.45. The zero-order valence-corrected chi connectivity index (χ0v) is 14.2. The van der Waals surface area contributed by atoms with E-state index in [4.69, 9.17) is 4.74 Å². The van der Waals surface area contributed by atoms with E-state index in [9.17, 15) is 9.59 Å². The second-order valence-electron chi connectivity index (χ2n) is 5.63. The van der Waals surface area contributed by atoms with Gasteiger partial charge in [-0.25, -0.2) is 0 Å². The van der Waals surface area contributed by atoms with Crippen molar-refractivity contribution < 1.29 is 9.53 Å². The fraction of sp³-hybridized carbons (Fsp3) is 0.333. The van der Waals surface area contributed by atoms with Crippen LogP contribution in [0.3, 0.4) is 0 Å². The van der Waals surface area contributed by atoms with Crippen molar-refractivity contribution in [3.63, 3.8) is 0 Å². The van der Waals surface area contributed by atoms with E-state index in [0.717, 1.165) is 11.3 Å². The van der Waals surface area contributed by atoms with Crippen molar-refractivity contribution in [2.45, 2.75) is 13.0 Å². The number of ether oxygens (including phenoxy) is 1. The first kappa shape index (κ1) is 17.7. The van der Waals surface area contributed by atoms with Gasteiger partial charge < -0.3 is 19.9 Å². The average molecular weight is 329 g/mol. The minimum atomic E-state index is -0.230. The van der Waals surface area contributed by atoms with Gasteiger partial charge in [0.25, 0.3) is 5.91 Å². The number of benzene rings is 1. The van der Waals surface area contributed by atoms with Gasteiger partial charge in [0.2, 0.25) is 5.56 Å². The van der Waals surface area contributed by atoms with Crippen molar-refractivity contribution in [2.24, 2.45) is 0 Å². The number of hydrogen-bond acceptors (Lipinski definition) is 4. The lowest BCUT2D eigenvalue weighted by Gasteiger charge is -2.25. The maximum Gasteiger partial charge on any atom is 0.252 e. The number of H-pyrrole nitrogens is 1. The third-order valence-electron chi connectivity index (χ3n) is 3.70. The molecule has 1 amide bonds. The van der Waals surface area contributed by atoms with E-state index in [-0.39, 0.29) is 17.5 Å². The van der Waals surface area contributed by atoms with Gasteiger partial charge in [0, 0.05) is 18.8 Å². The molecule has 0 bridgehead atoms. The van der Waals surface area contributed by atoms with E-state index >= 15 is 0 Å². The molecule has 1 aromatic carbocycles. The maximum absolute atomic E-state index is 12.2. The number of carbonyl (C=O) groups is 1. The largest absolute Gasteiger partial charge is 0.494 e. The van der Waals surface area contributed by atoms with Gasteiger partial charge in [-0.15, -0.1) is 0 Å². The Bertz CT molecular complexity index is 703. The van der Waals surface area contributed by atoms with Crippen LogP contribution in [-0.4, -0.2) is 43.0 Å². The van der Waals surface area contributed by atoms with Crippen molar-refractivity contribution in [1.29, 1.82) is 0 Å². The van der Waals surface area contributed by atoms with Gasteiger partial charge in [-0.1, -0.05) is 12.1 Å². The summed E-state index contributed by atoms with van der Waals surface area (Å²) in [6, 6.07) is 10.7. The number of carbonyl (C=O) groups excluding carboxylic acids is 1. The van der Waals surface area contributed by atoms with Gasteiger partial charge in [0.15, 0.2) is 0 Å². The lowest BCUT2D eigenvalue weighted by atomic mass is 10.1. The van der Waals surface area contributed by atoms with E-state index < -0.39 is 0 Å². The van der Waals surface area contributed by atoms with Crippen LogP contribution in [0.15, 0.2) is 47.4 Å². The minimum Gasteiger partial charge on any atom is -0.494 e. The number of likely N-dealkylation sites (N-methyl/N-ethyl adjacent to an activating group) is 1. The molecular weight excluding hydrogens is 306 g/mol. The van der Waals surface area contributed by atoms with Gasteiger partial charge >= 0.3 is 0 Å². The second-order valence-corrected chi connectivity index (χ2v) is 5.63. The van der Waals surface area contributed by atoms with E-state index in [1.165, 1.54) is 18.3 Å². The van der Waals surface area contributed by atoms with Crippen molar-refractivity contribution in [3.05, 3.63) is 64.1 Å². The zero-order chi connectivity index (χ0) is 17.5. The molecule has 6 nitrogen and oxygen atoms in total. The number of nitrogens with zero attached hydrogens (tertiary/aromatic N) is 1. The smallest absolute Gasteiger partial charge is 0.252 e. The Morgan fingerprint density at radius 3 is 2.46 bits per heavy atom. The molecule has 1 atom stereocenters. The normalized spacial score (nSPS) is 12.0. The first-order chi connectivity index (χ1) is 11.5. The van der Waals surface area contributed by atoms with Gasteiger partial charge in [-0.3, -0.25) is 9.59 Å². The van der Waals surface area contributed by atoms with Gasteiger partial charge in [-0.05, 0) is 44.8 Å². The molecule has 0 fully saturated rings. The molecule has 0 radical (unpaired) electrons. The van der Waals surface area contributed by atoms with Crippen LogP contribution in [0.4, 0.5) is 0 Å². The van der Waals surface area contributed by atoms with E-state index in [2.05, 4.69) is 10.3 Å². The molecule has 0 aliphatic carbocycles. The van der Waals surface area contributed by atoms with Crippen LogP contribution in [0.25, 0.3) is 0 Å². The molecule has 0 aliphatic rings. The number of nitrogens with one attached hydrogen (secondary N) is 2. The number of rotatable bonds is 7. The first-order valence-electron chi connectivity index (χ1n) is 7.87. The Hall–Kier alpha value is -2.60. The van der Waals surface area contributed by atoms with Crippen LogP contribution in [0.2, 0.25) is 0 Å². The molecule has 0 aliphatic heterocycles. The standard InChI is InChI=1S/C18H23N3O3/c1-4-24-15-8-5-13(6-9-15)16(21(2)3)12-20-18(23)14-7-10-17(22)19-11-14/h5-11,16H,4,12H2,1-3H3,(H,19,22)(H,20,23). The molecule has 2 rings (SSSR count). The monoisotopic (exact) mass is 329 g/mol. The fourth-order valence-electron chi connectivity index (χ4n) is 2.39. The summed E-state index contributed by atoms with van der Waals surface area (Å²) in [5.74, 6) is 0.611. The fourth-order valence-corrected chi connectivity index (χ4v) is 2.39. The van der Waals surface area contributed by atoms with Crippen molar-refractivity contribution in [1.82, 2.24) is 15.2 Å². The number of aromatic amines is 1. The third-order valence-corrected chi connectivity index (χ3v) is 3.70. The number of pyridine rings is 1. The third kappa shape index (κ3) is 4.70. The van der Waals surface area contributed by atoms with E-state index in [1.54, 1.807) is 0 Å². The summed E-state index contributed by atoms with van der Waals surface area (Å²) >= 11 is 0. The number of hydrogen-bond donors (Lipinski definition) is 2. The highest BCUT2D eigenvalue weighted by Gasteiger charge is 2.16. The summed E-state index contributed by atoms with van der Waals surface area (Å²) in [6.45, 7) is 3.04. The summed E-state index contributed by atoms with van der Waals surface area (Å²) in [5.41, 5.74) is 1.29. The Labute approximate surface area is 141 Å². The molecule has 0 spiro atoms. The Kier molecular flexibility index (Phi) is 6.14. The van der Waals surface area contributed by atoms with Gasteiger partial charge in [0.05, 0.1) is 18.2 Å². The summed E-state index contributed by atoms with van der Waals surface area (Å²) in [6.07, 6.45) is 1.42. The lowest BCUT2D eigenvalue weighted by molar-refractivity contribution is 0.0941. The predicted octanol–water partition coefficient (Wildman–Crippen LogP) is 1.81. The number of amides is 1. The number of aromatic nitrogens is 1. The molecular formula is C18H23N3O3. The van der Waals surface area contributed by atoms with Gasteiger partial charge in [0.1, 0.15) is 5.75 Å². The Balaban J connectivity index is 2.04. The van der Waals surface area contributed by atoms with Crippen molar-refractivity contribution in [3.8, 4) is 5.75 Å². The van der Waals surface area contributed by atoms with Crippen LogP contribution >= 0.6 is 0 Å². The average Bonchev–Trinajstić information content (AvgIpc) is 2.57. The minimum absolute atomic E-state index is 0.0346. The topological polar surface area (TPSA) is 74.4 Å². The molecule has 0 saturated heterocycles. The molecule has 128 valence electrons. The molecule has 0 saturated carbocycles. The van der Waals surface area contributed by atoms with Gasteiger partial charge in [-0.2, -0.15) is 0 Å². The Morgan fingerprint density at radius 2 is 1.92 bits per heavy atom. The second kappa shape index (κ2) is 8.31. The van der Waals surface area contributed by atoms with Crippen molar-refractivity contribution in [2.75, 3.05) is 27.2 Å². The predicted molar refractivity (Wildman–Crippen MR) is 93.4 cm³/mol. The van der Waals surface area contributed by atoms with E-state index in [1.807, 2.05) is 50.2 Å². The van der Waals surface area contributed by atoms with Crippen LogP contribution in [0, 0.1) is 0 Å². The summed E-state index contributed by atoms with van der Waals surface area (Å²) in [7, 11) is 3.93. The Morgan fingerprint density at radius 1 is 1.21 bits per heavy atom. The maximum atomic E-state index is 12.2. The molecule has 2 N–H and O–H groups in total. The van der Waals surface area contributed by atoms with Crippen LogP contribution in [0.1, 0.15) is 28.9 Å². The molecule has 1 aromatic heterocycles. The van der Waals surface area contributed by atoms with Crippen LogP contribution < -0.4 is 15.6 Å². The molecule has 1 heterocycles. The lowest BCUT2D eigenvalue weighted by Crippen LogP contribution is -2.34. The summed E-state index contributed by atoms with van der Waals surface area (Å²) in [4.78, 5) is 27.8. The van der Waals surface area contributed by atoms with Crippen LogP contribution in [-0.2, 0) is 0 Å². The summed E-state index contributed by atoms with van der Waals surface area (Å²) in [5, 5.41) is 2.90. The molecule has 24 heavy (non-hydrogen) atoms. The SMILES string of the molecule is CCOc1ccc(C(CNC(=O)c2ccc(=O)[nH]c2)N(C)C)cc1. The van der Waals surface area contributed by atoms with Crippen LogP contribution in [0.5, 0.6) is 5.75 Å². The highest BCUT2D eigenvalue weighted by molar-refractivity contribution is 5.93. The zero-order valence-electron chi connectivity index (χ0n) is 14.2. The highest BCUT2D eigenvalue weighted by atomic mass is 16.5. The quantitative estimate of drug-likeness (QED) is 0.812. The molecule has 1 unspecified atom stereocenters. The first-order valence-corrected chi connectivity index (χ1v) is 7.87. The van der Waals surface area contributed by atoms with Crippen molar-refractivity contribution >= 4 is 5.91 Å². The van der Waals surface area contributed by atoms with E-state index in [0.29, 0.717) is 18.7 Å².